The summed E-state index contributed by atoms with van der Waals surface area (Å²) in [5.74, 6) is 1.91. The Morgan fingerprint density at radius 2 is 1.79 bits per heavy atom. The Balaban J connectivity index is 1.87. The van der Waals surface area contributed by atoms with Crippen molar-refractivity contribution in [1.82, 2.24) is 29.7 Å². The molecule has 1 atom stereocenters. The van der Waals surface area contributed by atoms with Crippen LogP contribution in [-0.4, -0.2) is 29.7 Å². The van der Waals surface area contributed by atoms with Gasteiger partial charge in [-0.05, 0) is 33.3 Å². The van der Waals surface area contributed by atoms with Crippen LogP contribution in [0.25, 0.3) is 5.78 Å². The third-order valence-electron chi connectivity index (χ3n) is 3.98. The summed E-state index contributed by atoms with van der Waals surface area (Å²) in [4.78, 5) is 13.5. The first kappa shape index (κ1) is 16.9. The smallest absolute Gasteiger partial charge is 0.253 e. The van der Waals surface area contributed by atoms with Gasteiger partial charge in [0.2, 0.25) is 11.0 Å². The highest BCUT2D eigenvalue weighted by Gasteiger charge is 2.24. The highest BCUT2D eigenvalue weighted by Crippen LogP contribution is 2.33. The van der Waals surface area contributed by atoms with Crippen molar-refractivity contribution in [1.29, 1.82) is 0 Å². The highest BCUT2D eigenvalue weighted by atomic mass is 32.2. The summed E-state index contributed by atoms with van der Waals surface area (Å²) >= 11 is 1.49. The molecule has 0 bridgehead atoms. The second kappa shape index (κ2) is 5.84. The molecule has 0 aromatic carbocycles. The van der Waals surface area contributed by atoms with Crippen LogP contribution >= 0.6 is 11.8 Å². The Bertz CT molecular complexity index is 892. The van der Waals surface area contributed by atoms with E-state index >= 15 is 0 Å². The maximum atomic E-state index is 5.40. The number of rotatable bonds is 3. The van der Waals surface area contributed by atoms with E-state index in [4.69, 9.17) is 4.52 Å². The molecular weight excluding hydrogens is 324 g/mol. The van der Waals surface area contributed by atoms with Crippen LogP contribution in [0.5, 0.6) is 0 Å². The number of fused-ring (bicyclic) bond motifs is 1. The average Bonchev–Trinajstić information content (AvgIpc) is 3.11. The second-order valence-electron chi connectivity index (χ2n) is 6.98. The lowest BCUT2D eigenvalue weighted by molar-refractivity contribution is 0.364. The molecule has 0 unspecified atom stereocenters. The molecule has 128 valence electrons. The summed E-state index contributed by atoms with van der Waals surface area (Å²) in [7, 11) is 0. The summed E-state index contributed by atoms with van der Waals surface area (Å²) in [6, 6.07) is 0. The third-order valence-corrected chi connectivity index (χ3v) is 4.92. The van der Waals surface area contributed by atoms with Crippen LogP contribution in [0.3, 0.4) is 0 Å². The molecule has 7 nitrogen and oxygen atoms in total. The van der Waals surface area contributed by atoms with E-state index in [-0.39, 0.29) is 10.7 Å². The van der Waals surface area contributed by atoms with Crippen molar-refractivity contribution in [3.8, 4) is 0 Å². The fourth-order valence-corrected chi connectivity index (χ4v) is 2.98. The molecule has 0 saturated heterocycles. The van der Waals surface area contributed by atoms with E-state index in [1.165, 1.54) is 11.8 Å². The lowest BCUT2D eigenvalue weighted by Gasteiger charge is -2.11. The first-order chi connectivity index (χ1) is 11.2. The molecule has 0 amide bonds. The van der Waals surface area contributed by atoms with Gasteiger partial charge in [-0.1, -0.05) is 37.7 Å². The zero-order valence-corrected chi connectivity index (χ0v) is 15.9. The fourth-order valence-electron chi connectivity index (χ4n) is 2.20. The number of thioether (sulfide) groups is 1. The molecule has 3 rings (SSSR count). The van der Waals surface area contributed by atoms with Gasteiger partial charge in [-0.3, -0.25) is 0 Å². The van der Waals surface area contributed by atoms with Gasteiger partial charge in [-0.25, -0.2) is 9.50 Å². The maximum absolute atomic E-state index is 5.40. The van der Waals surface area contributed by atoms with Crippen LogP contribution in [0.2, 0.25) is 0 Å². The molecular formula is C16H22N6OS. The Morgan fingerprint density at radius 3 is 2.42 bits per heavy atom. The first-order valence-electron chi connectivity index (χ1n) is 7.88. The topological polar surface area (TPSA) is 82.0 Å². The summed E-state index contributed by atoms with van der Waals surface area (Å²) in [5, 5.41) is 9.24. The SMILES string of the molecule is Cc1nc2nc(S[C@@H](C)c3nc(C(C)(C)C)no3)nn2c(C)c1C. The van der Waals surface area contributed by atoms with Gasteiger partial charge in [-0.15, -0.1) is 5.10 Å². The number of aromatic nitrogens is 6. The monoisotopic (exact) mass is 346 g/mol. The van der Waals surface area contributed by atoms with Gasteiger partial charge < -0.3 is 4.52 Å². The van der Waals surface area contributed by atoms with Gasteiger partial charge in [0.05, 0.1) is 5.25 Å². The minimum Gasteiger partial charge on any atom is -0.338 e. The van der Waals surface area contributed by atoms with Crippen LogP contribution in [-0.2, 0) is 5.41 Å². The predicted octanol–water partition coefficient (Wildman–Crippen LogP) is 3.58. The molecule has 0 saturated carbocycles. The van der Waals surface area contributed by atoms with E-state index in [0.29, 0.717) is 22.6 Å². The van der Waals surface area contributed by atoms with Crippen LogP contribution in [0.4, 0.5) is 0 Å². The molecule has 0 aliphatic rings. The largest absolute Gasteiger partial charge is 0.338 e. The molecule has 0 aliphatic heterocycles. The molecule has 0 spiro atoms. The number of hydrogen-bond donors (Lipinski definition) is 0. The van der Waals surface area contributed by atoms with E-state index in [1.54, 1.807) is 4.52 Å². The standard InChI is InChI=1S/C16H22N6OS/c1-8-9(2)17-14-19-15(20-22(14)10(8)3)24-11(4)12-18-13(21-23-12)16(5,6)7/h11H,1-7H3/t11-/m0/s1. The van der Waals surface area contributed by atoms with Crippen molar-refractivity contribution < 1.29 is 4.52 Å². The zero-order valence-electron chi connectivity index (χ0n) is 15.1. The summed E-state index contributed by atoms with van der Waals surface area (Å²) in [6.45, 7) is 14.2. The van der Waals surface area contributed by atoms with E-state index in [9.17, 15) is 0 Å². The van der Waals surface area contributed by atoms with Crippen molar-refractivity contribution in [3.63, 3.8) is 0 Å². The lowest BCUT2D eigenvalue weighted by atomic mass is 9.96. The minimum absolute atomic E-state index is 0.0338. The van der Waals surface area contributed by atoms with E-state index in [0.717, 1.165) is 17.0 Å². The van der Waals surface area contributed by atoms with Gasteiger partial charge in [0, 0.05) is 16.8 Å². The number of hydrogen-bond acceptors (Lipinski definition) is 7. The molecule has 0 radical (unpaired) electrons. The van der Waals surface area contributed by atoms with E-state index in [2.05, 4.69) is 46.0 Å². The Morgan fingerprint density at radius 1 is 1.08 bits per heavy atom. The molecule has 0 aliphatic carbocycles. The number of aryl methyl sites for hydroxylation is 2. The molecule has 0 N–H and O–H groups in total. The minimum atomic E-state index is -0.135. The fraction of sp³-hybridized carbons (Fsp3) is 0.562. The first-order valence-corrected chi connectivity index (χ1v) is 8.76. The van der Waals surface area contributed by atoms with Gasteiger partial charge in [0.15, 0.2) is 5.82 Å². The van der Waals surface area contributed by atoms with Crippen LogP contribution in [0.15, 0.2) is 9.68 Å². The van der Waals surface area contributed by atoms with Gasteiger partial charge >= 0.3 is 0 Å². The molecule has 0 fully saturated rings. The highest BCUT2D eigenvalue weighted by molar-refractivity contribution is 7.99. The van der Waals surface area contributed by atoms with E-state index < -0.39 is 0 Å². The van der Waals surface area contributed by atoms with Crippen molar-refractivity contribution in [2.45, 2.75) is 64.3 Å². The zero-order chi connectivity index (χ0) is 17.6. The van der Waals surface area contributed by atoms with Crippen LogP contribution < -0.4 is 0 Å². The average molecular weight is 346 g/mol. The third kappa shape index (κ3) is 3.02. The molecule has 3 heterocycles. The maximum Gasteiger partial charge on any atom is 0.253 e. The second-order valence-corrected chi connectivity index (χ2v) is 8.29. The quantitative estimate of drug-likeness (QED) is 0.670. The summed E-state index contributed by atoms with van der Waals surface area (Å²) in [5.41, 5.74) is 3.02. The predicted molar refractivity (Wildman–Crippen MR) is 92.3 cm³/mol. The Labute approximate surface area is 145 Å². The van der Waals surface area contributed by atoms with Gasteiger partial charge in [-0.2, -0.15) is 9.97 Å². The van der Waals surface area contributed by atoms with Crippen molar-refractivity contribution in [2.24, 2.45) is 0 Å². The van der Waals surface area contributed by atoms with Gasteiger partial charge in [0.1, 0.15) is 0 Å². The number of nitrogens with zero attached hydrogens (tertiary/aromatic N) is 6. The van der Waals surface area contributed by atoms with Crippen LogP contribution in [0, 0.1) is 20.8 Å². The lowest BCUT2D eigenvalue weighted by Crippen LogP contribution is -2.13. The van der Waals surface area contributed by atoms with Crippen LogP contribution in [0.1, 0.15) is 61.6 Å². The molecule has 8 heteroatoms. The van der Waals surface area contributed by atoms with E-state index in [1.807, 2.05) is 27.7 Å². The Kier molecular flexibility index (Phi) is 4.11. The molecule has 24 heavy (non-hydrogen) atoms. The normalized spacial score (nSPS) is 13.6. The summed E-state index contributed by atoms with van der Waals surface area (Å²) in [6.07, 6.45) is 0. The van der Waals surface area contributed by atoms with Crippen molar-refractivity contribution in [2.75, 3.05) is 0 Å². The Hall–Kier alpha value is -1.96. The molecule has 3 aromatic rings. The van der Waals surface area contributed by atoms with Gasteiger partial charge in [0.25, 0.3) is 5.78 Å². The molecule has 3 aromatic heterocycles. The van der Waals surface area contributed by atoms with Crippen molar-refractivity contribution in [3.05, 3.63) is 28.7 Å². The summed E-state index contributed by atoms with van der Waals surface area (Å²) < 4.78 is 7.18. The van der Waals surface area contributed by atoms with Crippen molar-refractivity contribution >= 4 is 17.5 Å².